The Hall–Kier alpha value is -2.64. The maximum Gasteiger partial charge on any atom is 0.321 e. The van der Waals surface area contributed by atoms with Crippen LogP contribution in [0.5, 0.6) is 5.88 Å². The molecule has 2 amide bonds. The highest BCUT2D eigenvalue weighted by molar-refractivity contribution is 5.89. The molecule has 1 aliphatic heterocycles. The fourth-order valence-electron chi connectivity index (χ4n) is 2.81. The van der Waals surface area contributed by atoms with Crippen LogP contribution in [0.25, 0.3) is 0 Å². The van der Waals surface area contributed by atoms with E-state index in [1.165, 1.54) is 0 Å². The molecule has 0 saturated carbocycles. The van der Waals surface area contributed by atoms with Crippen LogP contribution in [-0.2, 0) is 7.05 Å². The lowest BCUT2D eigenvalue weighted by Crippen LogP contribution is -2.42. The van der Waals surface area contributed by atoms with Crippen LogP contribution in [0.4, 0.5) is 10.5 Å². The van der Waals surface area contributed by atoms with Crippen LogP contribution in [0.2, 0.25) is 0 Å². The van der Waals surface area contributed by atoms with Gasteiger partial charge in [-0.05, 0) is 18.9 Å². The molecule has 1 N–H and O–H groups in total. The summed E-state index contributed by atoms with van der Waals surface area (Å²) in [6.07, 6.45) is 5.24. The van der Waals surface area contributed by atoms with Crippen molar-refractivity contribution in [2.24, 2.45) is 7.05 Å². The second-order valence-electron chi connectivity index (χ2n) is 5.60. The first-order chi connectivity index (χ1) is 11.2. The molecule has 122 valence electrons. The topological polar surface area (TPSA) is 85.2 Å². The van der Waals surface area contributed by atoms with E-state index in [2.05, 4.69) is 20.5 Å². The molecule has 1 aliphatic rings. The van der Waals surface area contributed by atoms with Gasteiger partial charge in [0.25, 0.3) is 0 Å². The average Bonchev–Trinajstić information content (AvgIpc) is 3.02. The quantitative estimate of drug-likeness (QED) is 0.930. The van der Waals surface area contributed by atoms with E-state index in [0.29, 0.717) is 18.1 Å². The third-order valence-electron chi connectivity index (χ3n) is 4.02. The third-order valence-corrected chi connectivity index (χ3v) is 4.02. The lowest BCUT2D eigenvalue weighted by molar-refractivity contribution is 0.190. The highest BCUT2D eigenvalue weighted by atomic mass is 16.5. The Morgan fingerprint density at radius 3 is 2.96 bits per heavy atom. The standard InChI is InChI=1S/C15H20N6O2/c1-20-10-17-19-14(20)11-4-3-7-21(9-11)15(22)18-12-5-6-13(23-2)16-8-12/h5-6,8,10-11H,3-4,7,9H2,1-2H3,(H,18,22). The number of amides is 2. The lowest BCUT2D eigenvalue weighted by atomic mass is 9.97. The maximum absolute atomic E-state index is 12.4. The van der Waals surface area contributed by atoms with Crippen molar-refractivity contribution in [3.8, 4) is 5.88 Å². The van der Waals surface area contributed by atoms with Crippen LogP contribution in [0.15, 0.2) is 24.7 Å². The number of ether oxygens (including phenoxy) is 1. The van der Waals surface area contributed by atoms with Crippen LogP contribution >= 0.6 is 0 Å². The number of piperidine rings is 1. The zero-order chi connectivity index (χ0) is 16.2. The third kappa shape index (κ3) is 3.41. The molecule has 3 rings (SSSR count). The molecule has 0 bridgehead atoms. The van der Waals surface area contributed by atoms with Crippen molar-refractivity contribution >= 4 is 11.7 Å². The fourth-order valence-corrected chi connectivity index (χ4v) is 2.81. The first-order valence-corrected chi connectivity index (χ1v) is 7.57. The smallest absolute Gasteiger partial charge is 0.321 e. The number of carbonyl (C=O) groups excluding carboxylic acids is 1. The SMILES string of the molecule is COc1ccc(NC(=O)N2CCCC(c3nncn3C)C2)cn1. The van der Waals surface area contributed by atoms with Gasteiger partial charge in [0, 0.05) is 32.1 Å². The number of urea groups is 1. The van der Waals surface area contributed by atoms with Gasteiger partial charge < -0.3 is 19.5 Å². The Bertz CT molecular complexity index is 669. The molecule has 23 heavy (non-hydrogen) atoms. The van der Waals surface area contributed by atoms with Gasteiger partial charge in [0.1, 0.15) is 12.2 Å². The number of carbonyl (C=O) groups is 1. The van der Waals surface area contributed by atoms with E-state index in [4.69, 9.17) is 4.74 Å². The van der Waals surface area contributed by atoms with Crippen LogP contribution in [0, 0.1) is 0 Å². The van der Waals surface area contributed by atoms with Gasteiger partial charge in [-0.1, -0.05) is 0 Å². The predicted molar refractivity (Wildman–Crippen MR) is 84.4 cm³/mol. The number of aromatic nitrogens is 4. The molecule has 0 aliphatic carbocycles. The molecule has 1 unspecified atom stereocenters. The number of anilines is 1. The summed E-state index contributed by atoms with van der Waals surface area (Å²) in [5, 5.41) is 11.0. The minimum Gasteiger partial charge on any atom is -0.481 e. The highest BCUT2D eigenvalue weighted by Gasteiger charge is 2.27. The van der Waals surface area contributed by atoms with Crippen LogP contribution in [0.3, 0.4) is 0 Å². The minimum atomic E-state index is -0.121. The molecule has 2 aromatic heterocycles. The van der Waals surface area contributed by atoms with E-state index in [1.807, 2.05) is 16.5 Å². The minimum absolute atomic E-state index is 0.121. The first kappa shape index (κ1) is 15.3. The van der Waals surface area contributed by atoms with Gasteiger partial charge in [0.15, 0.2) is 0 Å². The van der Waals surface area contributed by atoms with Crippen molar-refractivity contribution < 1.29 is 9.53 Å². The van der Waals surface area contributed by atoms with Crippen LogP contribution in [0.1, 0.15) is 24.6 Å². The first-order valence-electron chi connectivity index (χ1n) is 7.57. The summed E-state index contributed by atoms with van der Waals surface area (Å²) in [5.41, 5.74) is 0.650. The zero-order valence-corrected chi connectivity index (χ0v) is 13.3. The second-order valence-corrected chi connectivity index (χ2v) is 5.60. The number of hydrogen-bond acceptors (Lipinski definition) is 5. The van der Waals surface area contributed by atoms with Crippen molar-refractivity contribution in [2.45, 2.75) is 18.8 Å². The molecule has 1 atom stereocenters. The Balaban J connectivity index is 1.63. The van der Waals surface area contributed by atoms with Crippen LogP contribution < -0.4 is 10.1 Å². The van der Waals surface area contributed by atoms with Gasteiger partial charge in [0.05, 0.1) is 19.0 Å². The van der Waals surface area contributed by atoms with Crippen molar-refractivity contribution in [1.82, 2.24) is 24.6 Å². The molecule has 0 radical (unpaired) electrons. The van der Waals surface area contributed by atoms with E-state index in [1.54, 1.807) is 31.8 Å². The Kier molecular flexibility index (Phi) is 4.40. The number of rotatable bonds is 3. The number of nitrogens with one attached hydrogen (secondary N) is 1. The number of methoxy groups -OCH3 is 1. The van der Waals surface area contributed by atoms with E-state index in [9.17, 15) is 4.79 Å². The van der Waals surface area contributed by atoms with Gasteiger partial charge in [-0.25, -0.2) is 9.78 Å². The number of nitrogens with zero attached hydrogens (tertiary/aromatic N) is 5. The van der Waals surface area contributed by atoms with Crippen molar-refractivity contribution in [3.05, 3.63) is 30.5 Å². The second kappa shape index (κ2) is 6.64. The normalized spacial score (nSPS) is 17.8. The summed E-state index contributed by atoms with van der Waals surface area (Å²) in [6, 6.07) is 3.37. The van der Waals surface area contributed by atoms with Crippen LogP contribution in [-0.4, -0.2) is 50.9 Å². The summed E-state index contributed by atoms with van der Waals surface area (Å²) in [6.45, 7) is 1.38. The maximum atomic E-state index is 12.4. The molecule has 0 aromatic carbocycles. The van der Waals surface area contributed by atoms with E-state index in [-0.39, 0.29) is 11.9 Å². The molecular formula is C15H20N6O2. The van der Waals surface area contributed by atoms with Gasteiger partial charge in [-0.2, -0.15) is 0 Å². The Morgan fingerprint density at radius 1 is 1.43 bits per heavy atom. The summed E-state index contributed by atoms with van der Waals surface area (Å²) < 4.78 is 6.92. The molecule has 2 aromatic rings. The fraction of sp³-hybridized carbons (Fsp3) is 0.467. The van der Waals surface area contributed by atoms with E-state index in [0.717, 1.165) is 25.2 Å². The largest absolute Gasteiger partial charge is 0.481 e. The van der Waals surface area contributed by atoms with Gasteiger partial charge in [-0.15, -0.1) is 10.2 Å². The molecular weight excluding hydrogens is 296 g/mol. The van der Waals surface area contributed by atoms with Gasteiger partial charge in [0.2, 0.25) is 5.88 Å². The monoisotopic (exact) mass is 316 g/mol. The molecule has 3 heterocycles. The Morgan fingerprint density at radius 2 is 2.30 bits per heavy atom. The summed E-state index contributed by atoms with van der Waals surface area (Å²) in [5.74, 6) is 1.66. The molecule has 0 spiro atoms. The number of pyridine rings is 1. The summed E-state index contributed by atoms with van der Waals surface area (Å²) in [7, 11) is 3.48. The van der Waals surface area contributed by atoms with Crippen molar-refractivity contribution in [2.75, 3.05) is 25.5 Å². The number of likely N-dealkylation sites (tertiary alicyclic amines) is 1. The lowest BCUT2D eigenvalue weighted by Gasteiger charge is -2.32. The van der Waals surface area contributed by atoms with Gasteiger partial charge >= 0.3 is 6.03 Å². The Labute approximate surface area is 134 Å². The van der Waals surface area contributed by atoms with E-state index < -0.39 is 0 Å². The number of hydrogen-bond donors (Lipinski definition) is 1. The van der Waals surface area contributed by atoms with Crippen molar-refractivity contribution in [3.63, 3.8) is 0 Å². The molecule has 1 saturated heterocycles. The molecule has 8 nitrogen and oxygen atoms in total. The summed E-state index contributed by atoms with van der Waals surface area (Å²) >= 11 is 0. The highest BCUT2D eigenvalue weighted by Crippen LogP contribution is 2.25. The van der Waals surface area contributed by atoms with Crippen molar-refractivity contribution in [1.29, 1.82) is 0 Å². The number of aryl methyl sites for hydroxylation is 1. The average molecular weight is 316 g/mol. The zero-order valence-electron chi connectivity index (χ0n) is 13.3. The van der Waals surface area contributed by atoms with E-state index >= 15 is 0 Å². The van der Waals surface area contributed by atoms with Gasteiger partial charge in [-0.3, -0.25) is 0 Å². The summed E-state index contributed by atoms with van der Waals surface area (Å²) in [4.78, 5) is 18.3. The predicted octanol–water partition coefficient (Wildman–Crippen LogP) is 1.63. The molecule has 1 fully saturated rings. The molecule has 8 heteroatoms.